The summed E-state index contributed by atoms with van der Waals surface area (Å²) in [6.07, 6.45) is -0.0727. The zero-order chi connectivity index (χ0) is 19.0. The van der Waals surface area contributed by atoms with Crippen LogP contribution in [-0.2, 0) is 6.18 Å². The van der Waals surface area contributed by atoms with Gasteiger partial charge in [0.2, 0.25) is 0 Å². The van der Waals surface area contributed by atoms with E-state index >= 15 is 0 Å². The number of benzene rings is 2. The lowest BCUT2D eigenvalue weighted by Gasteiger charge is -2.29. The third-order valence-corrected chi connectivity index (χ3v) is 5.98. The molecule has 1 fully saturated rings. The zero-order valence-corrected chi connectivity index (χ0v) is 15.2. The molecule has 2 aromatic carbocycles. The Morgan fingerprint density at radius 1 is 1.00 bits per heavy atom. The normalized spacial score (nSPS) is 22.5. The van der Waals surface area contributed by atoms with Crippen LogP contribution in [0, 0.1) is 0 Å². The topological polar surface area (TPSA) is 23.5 Å². The second kappa shape index (κ2) is 7.28. The molecule has 2 atom stereocenters. The van der Waals surface area contributed by atoms with Gasteiger partial charge in [-0.25, -0.2) is 0 Å². The zero-order valence-electron chi connectivity index (χ0n) is 15.2. The van der Waals surface area contributed by atoms with Gasteiger partial charge in [0.05, 0.1) is 5.56 Å². The van der Waals surface area contributed by atoms with E-state index in [9.17, 15) is 18.3 Å². The highest BCUT2D eigenvalue weighted by atomic mass is 19.4. The average Bonchev–Trinajstić information content (AvgIpc) is 2.87. The Balaban J connectivity index is 1.65. The molecular formula is C22H24F3NO. The molecule has 1 aliphatic carbocycles. The average molecular weight is 375 g/mol. The molecule has 2 aliphatic rings. The van der Waals surface area contributed by atoms with Gasteiger partial charge in [-0.3, -0.25) is 4.90 Å². The molecule has 1 N–H and O–H groups in total. The molecule has 0 amide bonds. The lowest BCUT2D eigenvalue weighted by Crippen LogP contribution is -2.29. The van der Waals surface area contributed by atoms with Gasteiger partial charge in [0, 0.05) is 19.2 Å². The second-order valence-corrected chi connectivity index (χ2v) is 7.62. The summed E-state index contributed by atoms with van der Waals surface area (Å²) in [5.41, 5.74) is 3.87. The summed E-state index contributed by atoms with van der Waals surface area (Å²) in [6, 6.07) is 12.1. The Kier molecular flexibility index (Phi) is 4.99. The van der Waals surface area contributed by atoms with Gasteiger partial charge < -0.3 is 5.11 Å². The predicted molar refractivity (Wildman–Crippen MR) is 99.5 cm³/mol. The van der Waals surface area contributed by atoms with E-state index in [4.69, 9.17) is 0 Å². The first-order valence-electron chi connectivity index (χ1n) is 9.64. The van der Waals surface area contributed by atoms with Crippen LogP contribution < -0.4 is 0 Å². The largest absolute Gasteiger partial charge is 0.416 e. The first-order chi connectivity index (χ1) is 13.0. The summed E-state index contributed by atoms with van der Waals surface area (Å²) >= 11 is 0. The van der Waals surface area contributed by atoms with Crippen molar-refractivity contribution < 1.29 is 18.3 Å². The van der Waals surface area contributed by atoms with Crippen molar-refractivity contribution in [3.8, 4) is 11.1 Å². The highest BCUT2D eigenvalue weighted by Gasteiger charge is 2.36. The Hall–Kier alpha value is -1.85. The van der Waals surface area contributed by atoms with Gasteiger partial charge in [-0.05, 0) is 78.6 Å². The molecular weight excluding hydrogens is 351 g/mol. The van der Waals surface area contributed by atoms with Crippen molar-refractivity contribution in [3.63, 3.8) is 0 Å². The minimum atomic E-state index is -4.31. The summed E-state index contributed by atoms with van der Waals surface area (Å²) in [5.74, 6) is 0.575. The monoisotopic (exact) mass is 375 g/mol. The first kappa shape index (κ1) is 18.5. The minimum absolute atomic E-state index is 0.200. The Morgan fingerprint density at radius 3 is 2.44 bits per heavy atom. The van der Waals surface area contributed by atoms with E-state index in [1.807, 2.05) is 6.07 Å². The lowest BCUT2D eigenvalue weighted by atomic mass is 9.93. The number of rotatable bonds is 4. The lowest BCUT2D eigenvalue weighted by molar-refractivity contribution is -0.137. The van der Waals surface area contributed by atoms with Crippen LogP contribution in [0.15, 0.2) is 42.5 Å². The van der Waals surface area contributed by atoms with Gasteiger partial charge in [0.1, 0.15) is 0 Å². The quantitative estimate of drug-likeness (QED) is 0.776. The van der Waals surface area contributed by atoms with E-state index < -0.39 is 11.7 Å². The highest BCUT2D eigenvalue weighted by molar-refractivity contribution is 5.66. The number of nitrogens with zero attached hydrogens (tertiary/aromatic N) is 1. The summed E-state index contributed by atoms with van der Waals surface area (Å²) in [5, 5.41) is 9.20. The van der Waals surface area contributed by atoms with Gasteiger partial charge in [-0.1, -0.05) is 24.3 Å². The van der Waals surface area contributed by atoms with Crippen molar-refractivity contribution in [2.24, 2.45) is 0 Å². The molecule has 0 unspecified atom stereocenters. The number of fused-ring (bicyclic) bond motifs is 5. The third-order valence-electron chi connectivity index (χ3n) is 5.98. The van der Waals surface area contributed by atoms with E-state index in [1.54, 1.807) is 12.1 Å². The molecule has 2 nitrogen and oxygen atoms in total. The van der Waals surface area contributed by atoms with Crippen LogP contribution >= 0.6 is 0 Å². The van der Waals surface area contributed by atoms with Crippen molar-refractivity contribution >= 4 is 0 Å². The molecule has 0 aromatic heterocycles. The van der Waals surface area contributed by atoms with Crippen LogP contribution in [0.4, 0.5) is 13.2 Å². The van der Waals surface area contributed by atoms with Crippen LogP contribution in [0.1, 0.15) is 54.3 Å². The van der Waals surface area contributed by atoms with Gasteiger partial charge in [0.15, 0.2) is 0 Å². The predicted octanol–water partition coefficient (Wildman–Crippen LogP) is 5.38. The van der Waals surface area contributed by atoms with Gasteiger partial charge in [-0.2, -0.15) is 13.2 Å². The molecule has 1 heterocycles. The number of aliphatic hydroxyl groups excluding tert-OH is 1. The van der Waals surface area contributed by atoms with E-state index in [1.165, 1.54) is 24.0 Å². The van der Waals surface area contributed by atoms with E-state index in [2.05, 4.69) is 17.0 Å². The van der Waals surface area contributed by atoms with Crippen LogP contribution in [0.5, 0.6) is 0 Å². The molecule has 2 bridgehead atoms. The number of aliphatic hydroxyl groups is 1. The fourth-order valence-electron chi connectivity index (χ4n) is 4.65. The summed E-state index contributed by atoms with van der Waals surface area (Å²) in [7, 11) is 0. The summed E-state index contributed by atoms with van der Waals surface area (Å²) in [6.45, 7) is 2.13. The molecule has 0 radical (unpaired) electrons. The second-order valence-electron chi connectivity index (χ2n) is 7.62. The van der Waals surface area contributed by atoms with Crippen molar-refractivity contribution in [2.75, 3.05) is 19.7 Å². The van der Waals surface area contributed by atoms with Crippen LogP contribution in [-0.4, -0.2) is 29.7 Å². The number of hydrogen-bond donors (Lipinski definition) is 1. The molecule has 1 saturated heterocycles. The molecule has 5 heteroatoms. The Labute approximate surface area is 157 Å². The fraction of sp³-hybridized carbons (Fsp3) is 0.455. The number of alkyl halides is 3. The first-order valence-corrected chi connectivity index (χ1v) is 9.64. The van der Waals surface area contributed by atoms with Crippen molar-refractivity contribution in [3.05, 3.63) is 59.2 Å². The molecule has 144 valence electrons. The molecule has 1 aliphatic heterocycles. The summed E-state index contributed by atoms with van der Waals surface area (Å²) in [4.78, 5) is 2.47. The molecule has 4 rings (SSSR count). The van der Waals surface area contributed by atoms with Gasteiger partial charge in [-0.15, -0.1) is 0 Å². The van der Waals surface area contributed by atoms with Crippen molar-refractivity contribution in [1.29, 1.82) is 0 Å². The smallest absolute Gasteiger partial charge is 0.396 e. The molecule has 2 aromatic rings. The maximum atomic E-state index is 12.8. The van der Waals surface area contributed by atoms with E-state index in [0.29, 0.717) is 12.0 Å². The summed E-state index contributed by atoms with van der Waals surface area (Å²) < 4.78 is 38.4. The molecule has 0 spiro atoms. The van der Waals surface area contributed by atoms with Crippen molar-refractivity contribution in [2.45, 2.75) is 43.8 Å². The Morgan fingerprint density at radius 2 is 1.74 bits per heavy atom. The maximum Gasteiger partial charge on any atom is 0.416 e. The van der Waals surface area contributed by atoms with Crippen molar-refractivity contribution in [1.82, 2.24) is 4.90 Å². The maximum absolute atomic E-state index is 12.8. The van der Waals surface area contributed by atoms with Gasteiger partial charge >= 0.3 is 6.18 Å². The molecule has 0 saturated carbocycles. The standard InChI is InChI=1S/C22H24F3NO/c23-22(24,25)18-7-4-15(5-8-18)16-6-9-19-17-3-1-10-26(11-2-12-27)21(14-17)20(19)13-16/h4-9,13,17,21,27H,1-3,10-12,14H2/t17-,21+/m0/s1. The van der Waals surface area contributed by atoms with Crippen LogP contribution in [0.3, 0.4) is 0 Å². The van der Waals surface area contributed by atoms with E-state index in [0.717, 1.165) is 49.2 Å². The number of hydrogen-bond acceptors (Lipinski definition) is 2. The minimum Gasteiger partial charge on any atom is -0.396 e. The van der Waals surface area contributed by atoms with Gasteiger partial charge in [0.25, 0.3) is 0 Å². The highest BCUT2D eigenvalue weighted by Crippen LogP contribution is 2.48. The SMILES string of the molecule is OCCCN1CCC[C@H]2C[C@@H]1c1cc(-c3ccc(C(F)(F)F)cc3)ccc12. The Bertz CT molecular complexity index is 800. The molecule has 27 heavy (non-hydrogen) atoms. The number of halogens is 3. The van der Waals surface area contributed by atoms with E-state index in [-0.39, 0.29) is 6.61 Å². The third kappa shape index (κ3) is 3.63. The van der Waals surface area contributed by atoms with Crippen LogP contribution in [0.2, 0.25) is 0 Å². The fourth-order valence-corrected chi connectivity index (χ4v) is 4.65. The number of likely N-dealkylation sites (tertiary alicyclic amines) is 1. The van der Waals surface area contributed by atoms with Crippen LogP contribution in [0.25, 0.3) is 11.1 Å².